The zero-order valence-corrected chi connectivity index (χ0v) is 51.0. The average Bonchev–Trinajstić information content (AvgIpc) is 1.86. The summed E-state index contributed by atoms with van der Waals surface area (Å²) in [6.45, 7) is 7.63. The third-order valence-electron chi connectivity index (χ3n) is 16.7. The van der Waals surface area contributed by atoms with Gasteiger partial charge >= 0.3 is 0 Å². The fourth-order valence-corrected chi connectivity index (χ4v) is 12.2. The second-order valence-electron chi connectivity index (χ2n) is 23.3. The lowest BCUT2D eigenvalue weighted by Gasteiger charge is -2.25. The van der Waals surface area contributed by atoms with Gasteiger partial charge in [0.1, 0.15) is 17.3 Å². The number of halogens is 2. The van der Waals surface area contributed by atoms with Crippen LogP contribution in [-0.2, 0) is 19.3 Å². The number of hydrogen-bond acceptors (Lipinski definition) is 18. The molecule has 3 fully saturated rings. The summed E-state index contributed by atoms with van der Waals surface area (Å²) in [6.07, 6.45) is 12.8. The molecule has 0 saturated carbocycles. The van der Waals surface area contributed by atoms with Crippen molar-refractivity contribution in [2.75, 3.05) is 90.8 Å². The van der Waals surface area contributed by atoms with Gasteiger partial charge < -0.3 is 62.1 Å². The molecule has 9 aromatic rings. The normalized spacial score (nSPS) is 16.1. The second-order valence-corrected chi connectivity index (χ2v) is 23.7. The number of ether oxygens (including phenoxy) is 3. The van der Waals surface area contributed by atoms with Gasteiger partial charge in [-0.15, -0.1) is 0 Å². The summed E-state index contributed by atoms with van der Waals surface area (Å²) in [5.41, 5.74) is 11.7. The van der Waals surface area contributed by atoms with E-state index in [4.69, 9.17) is 50.7 Å². The van der Waals surface area contributed by atoms with Crippen LogP contribution in [-0.4, -0.2) is 107 Å². The summed E-state index contributed by atoms with van der Waals surface area (Å²) >= 11 is 7.03. The van der Waals surface area contributed by atoms with E-state index in [2.05, 4.69) is 101 Å². The van der Waals surface area contributed by atoms with Crippen molar-refractivity contribution >= 4 is 46.5 Å². The van der Waals surface area contributed by atoms with E-state index < -0.39 is 6.29 Å². The van der Waals surface area contributed by atoms with Crippen molar-refractivity contribution in [2.24, 2.45) is 0 Å². The van der Waals surface area contributed by atoms with E-state index >= 15 is 0 Å². The van der Waals surface area contributed by atoms with Gasteiger partial charge in [0.05, 0.1) is 28.2 Å². The number of piperidine rings is 3. The van der Waals surface area contributed by atoms with E-state index in [-0.39, 0.29) is 5.82 Å². The quantitative estimate of drug-likeness (QED) is 0.0275. The molecule has 4 aliphatic rings. The highest BCUT2D eigenvalue weighted by Gasteiger charge is 2.31. The Morgan fingerprint density at radius 2 is 0.989 bits per heavy atom. The molecular formula is C70H75ClFN15O3. The number of rotatable bonds is 24. The van der Waals surface area contributed by atoms with Gasteiger partial charge in [0, 0.05) is 83.9 Å². The van der Waals surface area contributed by atoms with Gasteiger partial charge in [0.25, 0.3) is 6.29 Å². The highest BCUT2D eigenvalue weighted by Crippen LogP contribution is 2.44. The Labute approximate surface area is 529 Å². The van der Waals surface area contributed by atoms with Crippen LogP contribution in [0, 0.1) is 5.82 Å². The molecule has 3 aromatic heterocycles. The van der Waals surface area contributed by atoms with Gasteiger partial charge in [-0.1, -0.05) is 72.3 Å². The van der Waals surface area contributed by atoms with Crippen LogP contribution in [0.2, 0.25) is 5.02 Å². The Bertz CT molecular complexity index is 3900. The van der Waals surface area contributed by atoms with Gasteiger partial charge in [-0.2, -0.15) is 0 Å². The number of benzene rings is 6. The van der Waals surface area contributed by atoms with Crippen LogP contribution in [0.15, 0.2) is 158 Å². The minimum Gasteiger partial charge on any atom is -0.452 e. The highest BCUT2D eigenvalue weighted by molar-refractivity contribution is 6.32. The SMILES string of the molecule is Fc1cccc(CCNc2ncc(C3Oc4ccc(CCNc5ncc(Oc6ccc(CCNc7nccc(-c8cccc(NC9CCNCC9)c8)n7)cc6Cl)c(-c6cccc(NC7CCNCC7)c6)n5)cc4O3)c(-c3cccc(NC4CCNCC4)c3)n2)c1. The smallest absolute Gasteiger partial charge is 0.271 e. The molecule has 90 heavy (non-hydrogen) atoms. The van der Waals surface area contributed by atoms with Gasteiger partial charge in [-0.25, -0.2) is 34.3 Å². The zero-order chi connectivity index (χ0) is 60.9. The summed E-state index contributed by atoms with van der Waals surface area (Å²) in [6, 6.07) is 46.6. The summed E-state index contributed by atoms with van der Waals surface area (Å²) in [5.74, 6) is 3.40. The summed E-state index contributed by atoms with van der Waals surface area (Å²) < 4.78 is 33.7. The molecule has 18 nitrogen and oxygen atoms in total. The van der Waals surface area contributed by atoms with Crippen molar-refractivity contribution in [3.63, 3.8) is 0 Å². The predicted molar refractivity (Wildman–Crippen MR) is 356 cm³/mol. The number of nitrogens with zero attached hydrogens (tertiary/aromatic N) is 6. The first-order valence-electron chi connectivity index (χ1n) is 31.5. The largest absolute Gasteiger partial charge is 0.452 e. The lowest BCUT2D eigenvalue weighted by atomic mass is 10.0. The molecule has 0 amide bonds. The van der Waals surface area contributed by atoms with Crippen molar-refractivity contribution in [3.05, 3.63) is 191 Å². The number of aromatic nitrogens is 6. The molecule has 0 radical (unpaired) electrons. The summed E-state index contributed by atoms with van der Waals surface area (Å²) in [7, 11) is 0. The Morgan fingerprint density at radius 3 is 1.60 bits per heavy atom. The molecule has 13 rings (SSSR count). The number of nitrogens with one attached hydrogen (secondary N) is 9. The molecule has 462 valence electrons. The van der Waals surface area contributed by atoms with Crippen molar-refractivity contribution in [1.82, 2.24) is 45.9 Å². The second kappa shape index (κ2) is 29.0. The lowest BCUT2D eigenvalue weighted by Crippen LogP contribution is -2.35. The fraction of sp³-hybridized carbons (Fsp3) is 0.314. The van der Waals surface area contributed by atoms with Crippen LogP contribution in [0.4, 0.5) is 39.3 Å². The molecular weight excluding hydrogens is 1150 g/mol. The van der Waals surface area contributed by atoms with Gasteiger partial charge in [0.2, 0.25) is 17.8 Å². The molecule has 0 spiro atoms. The van der Waals surface area contributed by atoms with Crippen LogP contribution in [0.25, 0.3) is 33.8 Å². The molecule has 6 aromatic carbocycles. The van der Waals surface area contributed by atoms with Crippen LogP contribution >= 0.6 is 11.6 Å². The van der Waals surface area contributed by atoms with Crippen molar-refractivity contribution in [1.29, 1.82) is 0 Å². The lowest BCUT2D eigenvalue weighted by molar-refractivity contribution is 0.0486. The Hall–Kier alpha value is -9.14. The predicted octanol–water partition coefficient (Wildman–Crippen LogP) is 12.6. The van der Waals surface area contributed by atoms with Crippen LogP contribution in [0.5, 0.6) is 23.0 Å². The first kappa shape index (κ1) is 59.8. The van der Waals surface area contributed by atoms with E-state index in [9.17, 15) is 4.39 Å². The maximum Gasteiger partial charge on any atom is 0.271 e. The minimum atomic E-state index is -0.798. The Balaban J connectivity index is 0.671. The summed E-state index contributed by atoms with van der Waals surface area (Å²) in [5, 5.41) is 32.2. The van der Waals surface area contributed by atoms with E-state index in [1.54, 1.807) is 30.7 Å². The average molecular weight is 1230 g/mol. The molecule has 9 N–H and O–H groups in total. The minimum absolute atomic E-state index is 0.260. The van der Waals surface area contributed by atoms with Gasteiger partial charge in [0.15, 0.2) is 17.2 Å². The van der Waals surface area contributed by atoms with E-state index in [0.717, 1.165) is 134 Å². The number of anilines is 6. The van der Waals surface area contributed by atoms with E-state index in [1.165, 1.54) is 6.07 Å². The number of fused-ring (bicyclic) bond motifs is 1. The molecule has 1 atom stereocenters. The molecule has 3 saturated heterocycles. The molecule has 0 bridgehead atoms. The fourth-order valence-electron chi connectivity index (χ4n) is 11.9. The molecule has 4 aliphatic heterocycles. The van der Waals surface area contributed by atoms with Gasteiger partial charge in [-0.3, -0.25) is 0 Å². The standard InChI is InChI=1S/C70H75ClFN15O3/c71-59-38-46(18-34-76-68-79-36-26-60(85-68)48-6-2-10-55(40-48)82-52-20-27-73-28-21-52)13-15-61(59)88-64-44-81-70(87-66(64)50-8-4-12-57(42-50)84-54-24-31-75-32-25-54)78-35-19-47-14-16-62-63(39-47)90-67(89-62)58-43-80-69(77-33-17-45-5-1-9-51(72)37-45)86-65(58)49-7-3-11-56(41-49)83-53-22-29-74-30-23-53/h1-16,26,36-44,52-54,67,73-75,82-84H,17-25,27-35H2,(H,76,79,85)(H,77,80,86)(H,78,81,87). The first-order chi connectivity index (χ1) is 44.3. The van der Waals surface area contributed by atoms with E-state index in [0.29, 0.717) is 120 Å². The summed E-state index contributed by atoms with van der Waals surface area (Å²) in [4.78, 5) is 29.0. The van der Waals surface area contributed by atoms with Gasteiger partial charge in [-0.05, 0) is 193 Å². The van der Waals surface area contributed by atoms with Crippen molar-refractivity contribution in [2.45, 2.75) is 82.2 Å². The monoisotopic (exact) mass is 1230 g/mol. The molecule has 0 aliphatic carbocycles. The maximum atomic E-state index is 14.0. The molecule has 7 heterocycles. The third-order valence-corrected chi connectivity index (χ3v) is 17.0. The third kappa shape index (κ3) is 15.6. The van der Waals surface area contributed by atoms with Crippen LogP contribution < -0.4 is 62.1 Å². The Kier molecular flexibility index (Phi) is 19.3. The zero-order valence-electron chi connectivity index (χ0n) is 50.2. The topological polar surface area (TPSA) is 213 Å². The molecule has 20 heteroatoms. The maximum absolute atomic E-state index is 14.0. The van der Waals surface area contributed by atoms with Crippen LogP contribution in [0.1, 0.15) is 67.1 Å². The van der Waals surface area contributed by atoms with Crippen molar-refractivity contribution < 1.29 is 18.6 Å². The van der Waals surface area contributed by atoms with Crippen LogP contribution in [0.3, 0.4) is 0 Å². The first-order valence-corrected chi connectivity index (χ1v) is 31.9. The van der Waals surface area contributed by atoms with Crippen molar-refractivity contribution in [3.8, 4) is 56.8 Å². The highest BCUT2D eigenvalue weighted by atomic mass is 35.5. The number of hydrogen-bond donors (Lipinski definition) is 9. The Morgan fingerprint density at radius 1 is 0.478 bits per heavy atom. The molecule has 1 unspecified atom stereocenters. The van der Waals surface area contributed by atoms with E-state index in [1.807, 2.05) is 72.8 Å².